The molecule has 0 N–H and O–H groups in total. The Morgan fingerprint density at radius 1 is 1.10 bits per heavy atom. The molecule has 0 aliphatic heterocycles. The van der Waals surface area contributed by atoms with Gasteiger partial charge in [0.2, 0.25) is 0 Å². The number of hydrogen-bond donors (Lipinski definition) is 0. The van der Waals surface area contributed by atoms with Crippen molar-refractivity contribution in [2.24, 2.45) is 10.6 Å². The molecule has 1 aliphatic rings. The lowest BCUT2D eigenvalue weighted by Gasteiger charge is -2.22. The number of rotatable bonds is 2. The second kappa shape index (κ2) is 5.87. The first-order valence-electron chi connectivity index (χ1n) is 6.67. The maximum atomic E-state index is 11.8. The standard InChI is InChI=1S/C17H17NO3/c1-17(2,3)14-11-13(9-10-15(14)19)18-21-16(20)12-7-5-4-6-8-12/h4-11H,1-3H3/b18-13-. The highest BCUT2D eigenvalue weighted by Gasteiger charge is 2.24. The molecular weight excluding hydrogens is 266 g/mol. The molecule has 21 heavy (non-hydrogen) atoms. The topological polar surface area (TPSA) is 55.7 Å². The van der Waals surface area contributed by atoms with Gasteiger partial charge in [0.05, 0.1) is 5.56 Å². The maximum absolute atomic E-state index is 11.8. The summed E-state index contributed by atoms with van der Waals surface area (Å²) in [6, 6.07) is 8.62. The molecular formula is C17H17NO3. The third-order valence-corrected chi connectivity index (χ3v) is 3.01. The van der Waals surface area contributed by atoms with Crippen molar-refractivity contribution in [3.63, 3.8) is 0 Å². The number of ketones is 1. The molecule has 0 amide bonds. The van der Waals surface area contributed by atoms with Crippen LogP contribution in [0, 0.1) is 5.41 Å². The molecule has 4 heteroatoms. The van der Waals surface area contributed by atoms with Gasteiger partial charge in [-0.25, -0.2) is 4.79 Å². The molecule has 0 bridgehead atoms. The lowest BCUT2D eigenvalue weighted by molar-refractivity contribution is -0.112. The van der Waals surface area contributed by atoms with Crippen LogP contribution in [0.25, 0.3) is 0 Å². The summed E-state index contributed by atoms with van der Waals surface area (Å²) >= 11 is 0. The Morgan fingerprint density at radius 2 is 1.76 bits per heavy atom. The predicted octanol–water partition coefficient (Wildman–Crippen LogP) is 3.31. The summed E-state index contributed by atoms with van der Waals surface area (Å²) in [6.07, 6.45) is 4.63. The van der Waals surface area contributed by atoms with Crippen molar-refractivity contribution in [1.82, 2.24) is 0 Å². The van der Waals surface area contributed by atoms with Crippen LogP contribution in [0.4, 0.5) is 0 Å². The monoisotopic (exact) mass is 283 g/mol. The van der Waals surface area contributed by atoms with Gasteiger partial charge in [-0.2, -0.15) is 0 Å². The van der Waals surface area contributed by atoms with E-state index in [2.05, 4.69) is 5.16 Å². The van der Waals surface area contributed by atoms with Crippen molar-refractivity contribution in [1.29, 1.82) is 0 Å². The van der Waals surface area contributed by atoms with E-state index in [0.29, 0.717) is 16.8 Å². The van der Waals surface area contributed by atoms with E-state index in [-0.39, 0.29) is 11.2 Å². The van der Waals surface area contributed by atoms with Crippen LogP contribution < -0.4 is 0 Å². The Hall–Kier alpha value is -2.49. The minimum atomic E-state index is -0.529. The number of benzene rings is 1. The fourth-order valence-electron chi connectivity index (χ4n) is 1.88. The summed E-state index contributed by atoms with van der Waals surface area (Å²) < 4.78 is 0. The van der Waals surface area contributed by atoms with Gasteiger partial charge in [-0.1, -0.05) is 44.1 Å². The highest BCUT2D eigenvalue weighted by atomic mass is 16.7. The molecule has 0 saturated carbocycles. The van der Waals surface area contributed by atoms with Crippen LogP contribution in [0.1, 0.15) is 31.1 Å². The van der Waals surface area contributed by atoms with Gasteiger partial charge in [-0.05, 0) is 35.8 Å². The van der Waals surface area contributed by atoms with Crippen LogP contribution in [-0.4, -0.2) is 17.5 Å². The Bertz CT molecular complexity index is 646. The Kier molecular flexibility index (Phi) is 4.17. The molecule has 1 aliphatic carbocycles. The smallest absolute Gasteiger partial charge is 0.312 e. The summed E-state index contributed by atoms with van der Waals surface area (Å²) in [5.41, 5.74) is 1.23. The second-order valence-corrected chi connectivity index (χ2v) is 5.77. The molecule has 0 saturated heterocycles. The van der Waals surface area contributed by atoms with Crippen LogP contribution in [0.5, 0.6) is 0 Å². The molecule has 1 aromatic rings. The second-order valence-electron chi connectivity index (χ2n) is 5.77. The van der Waals surface area contributed by atoms with E-state index in [1.165, 1.54) is 12.2 Å². The fraction of sp³-hybridized carbons (Fsp3) is 0.235. The van der Waals surface area contributed by atoms with Gasteiger partial charge in [0.15, 0.2) is 5.78 Å². The number of allylic oxidation sites excluding steroid dienone is 4. The van der Waals surface area contributed by atoms with E-state index in [4.69, 9.17) is 4.84 Å². The van der Waals surface area contributed by atoms with E-state index in [1.807, 2.05) is 26.8 Å². The highest BCUT2D eigenvalue weighted by molar-refractivity contribution is 6.19. The quantitative estimate of drug-likeness (QED) is 0.475. The number of hydrogen-bond acceptors (Lipinski definition) is 4. The molecule has 0 heterocycles. The minimum Gasteiger partial charge on any atom is -0.312 e. The normalized spacial score (nSPS) is 16.8. The van der Waals surface area contributed by atoms with E-state index in [0.717, 1.165) is 0 Å². The SMILES string of the molecule is CC(C)(C)C1=C/C(=N\OC(=O)c2ccccc2)C=CC1=O. The zero-order valence-electron chi connectivity index (χ0n) is 12.3. The largest absolute Gasteiger partial charge is 0.365 e. The van der Waals surface area contributed by atoms with Crippen molar-refractivity contribution in [2.45, 2.75) is 20.8 Å². The Morgan fingerprint density at radius 3 is 2.38 bits per heavy atom. The van der Waals surface area contributed by atoms with Gasteiger partial charge in [0.25, 0.3) is 0 Å². The molecule has 0 fully saturated rings. The third kappa shape index (κ3) is 3.75. The van der Waals surface area contributed by atoms with Crippen molar-refractivity contribution >= 4 is 17.5 Å². The first-order valence-corrected chi connectivity index (χ1v) is 6.67. The zero-order valence-corrected chi connectivity index (χ0v) is 12.3. The van der Waals surface area contributed by atoms with Crippen LogP contribution in [0.3, 0.4) is 0 Å². The van der Waals surface area contributed by atoms with Gasteiger partial charge in [-0.3, -0.25) is 4.79 Å². The number of carbonyl (C=O) groups is 2. The van der Waals surface area contributed by atoms with Crippen LogP contribution >= 0.6 is 0 Å². The number of carbonyl (C=O) groups excluding carboxylic acids is 2. The Labute approximate surface area is 123 Å². The van der Waals surface area contributed by atoms with Gasteiger partial charge < -0.3 is 4.84 Å². The third-order valence-electron chi connectivity index (χ3n) is 3.01. The average Bonchev–Trinajstić information content (AvgIpc) is 2.45. The van der Waals surface area contributed by atoms with E-state index in [9.17, 15) is 9.59 Å². The number of nitrogens with zero attached hydrogens (tertiary/aromatic N) is 1. The Balaban J connectivity index is 2.15. The lowest BCUT2D eigenvalue weighted by atomic mass is 9.81. The van der Waals surface area contributed by atoms with Gasteiger partial charge >= 0.3 is 5.97 Å². The molecule has 0 atom stereocenters. The summed E-state index contributed by atoms with van der Waals surface area (Å²) in [4.78, 5) is 28.5. The predicted molar refractivity (Wildman–Crippen MR) is 81.0 cm³/mol. The lowest BCUT2D eigenvalue weighted by Crippen LogP contribution is -2.20. The molecule has 0 spiro atoms. The highest BCUT2D eigenvalue weighted by Crippen LogP contribution is 2.28. The first kappa shape index (κ1) is 14.9. The van der Waals surface area contributed by atoms with Crippen LogP contribution in [0.2, 0.25) is 0 Å². The van der Waals surface area contributed by atoms with Gasteiger partial charge in [-0.15, -0.1) is 0 Å². The summed E-state index contributed by atoms with van der Waals surface area (Å²) in [7, 11) is 0. The molecule has 4 nitrogen and oxygen atoms in total. The molecule has 0 radical (unpaired) electrons. The van der Waals surface area contributed by atoms with Crippen molar-refractivity contribution in [3.8, 4) is 0 Å². The zero-order chi connectivity index (χ0) is 15.5. The van der Waals surface area contributed by atoms with Crippen LogP contribution in [0.15, 0.2) is 59.3 Å². The summed E-state index contributed by atoms with van der Waals surface area (Å²) in [5.74, 6) is -0.574. The van der Waals surface area contributed by atoms with E-state index in [1.54, 1.807) is 30.3 Å². The molecule has 108 valence electrons. The van der Waals surface area contributed by atoms with E-state index >= 15 is 0 Å². The minimum absolute atomic E-state index is 0.0455. The summed E-state index contributed by atoms with van der Waals surface area (Å²) in [6.45, 7) is 5.84. The van der Waals surface area contributed by atoms with Crippen molar-refractivity contribution < 1.29 is 14.4 Å². The fourth-order valence-corrected chi connectivity index (χ4v) is 1.88. The first-order chi connectivity index (χ1) is 9.88. The van der Waals surface area contributed by atoms with Gasteiger partial charge in [0, 0.05) is 5.57 Å². The summed E-state index contributed by atoms with van der Waals surface area (Å²) in [5, 5.41) is 3.81. The molecule has 2 rings (SSSR count). The molecule has 0 unspecified atom stereocenters. The van der Waals surface area contributed by atoms with Crippen LogP contribution in [-0.2, 0) is 9.63 Å². The maximum Gasteiger partial charge on any atom is 0.365 e. The molecule has 0 aromatic heterocycles. The van der Waals surface area contributed by atoms with E-state index < -0.39 is 5.97 Å². The van der Waals surface area contributed by atoms with Gasteiger partial charge in [0.1, 0.15) is 5.71 Å². The van der Waals surface area contributed by atoms with Crippen molar-refractivity contribution in [2.75, 3.05) is 0 Å². The average molecular weight is 283 g/mol. The number of oxime groups is 1. The molecule has 1 aromatic carbocycles. The van der Waals surface area contributed by atoms with Crippen molar-refractivity contribution in [3.05, 3.63) is 59.7 Å².